The molecule has 0 spiro atoms. The van der Waals surface area contributed by atoms with Crippen LogP contribution in [0.25, 0.3) is 0 Å². The zero-order valence-corrected chi connectivity index (χ0v) is 24.5. The van der Waals surface area contributed by atoms with Crippen molar-refractivity contribution in [2.24, 2.45) is 17.8 Å². The number of carbonyl (C=O) groups is 6. The van der Waals surface area contributed by atoms with Crippen LogP contribution in [0.1, 0.15) is 51.4 Å². The molecule has 7 N–H and O–H groups in total. The van der Waals surface area contributed by atoms with Crippen molar-refractivity contribution in [3.05, 3.63) is 0 Å². The summed E-state index contributed by atoms with van der Waals surface area (Å²) >= 11 is 0. The molecule has 0 aromatic rings. The van der Waals surface area contributed by atoms with E-state index < -0.39 is 60.9 Å². The number of aliphatic carboxylic acids is 3. The zero-order chi connectivity index (χ0) is 32.3. The van der Waals surface area contributed by atoms with Crippen molar-refractivity contribution in [2.75, 3.05) is 46.1 Å². The van der Waals surface area contributed by atoms with E-state index in [9.17, 15) is 33.9 Å². The minimum Gasteiger partial charge on any atom is -0.481 e. The van der Waals surface area contributed by atoms with E-state index >= 15 is 0 Å². The standard InChI is InChI=1S/C28H42N4O12/c33-23(9-7-21(25(36)37)31-27(40)32-22(26(38)39)8-10-24(34)35)29-11-13-42-15-16-43-14-12-30-28(41)44-17-20-18-5-3-1-2-4-6-19(18)20/h18-22H,3-17H2,(H,29,33)(H,30,41)(H,34,35)(H,36,37)(H,38,39)(H2,31,32,40)/t18-,19+,20?,21-,22-/m0/s1. The first-order chi connectivity index (χ1) is 21.1. The van der Waals surface area contributed by atoms with Gasteiger partial charge >= 0.3 is 30.0 Å². The highest BCUT2D eigenvalue weighted by Gasteiger charge is 2.49. The third kappa shape index (κ3) is 14.9. The van der Waals surface area contributed by atoms with Gasteiger partial charge in [0.2, 0.25) is 5.91 Å². The first kappa shape index (κ1) is 36.1. The molecule has 0 aromatic heterocycles. The predicted molar refractivity (Wildman–Crippen MR) is 151 cm³/mol. The summed E-state index contributed by atoms with van der Waals surface area (Å²) in [5.74, 6) is 3.33. The van der Waals surface area contributed by atoms with Crippen LogP contribution in [0.5, 0.6) is 0 Å². The van der Waals surface area contributed by atoms with E-state index in [0.717, 1.165) is 25.7 Å². The SMILES string of the molecule is O=C(O)CC[C@H](NC(=O)N[C@@H](CCC(=O)NCCOCCOCCNC(=O)OCC1[C@H]2CCC#CCC[C@@H]12)C(=O)O)C(=O)O. The Hall–Kier alpha value is -4.10. The molecule has 2 aliphatic rings. The van der Waals surface area contributed by atoms with Crippen molar-refractivity contribution < 1.29 is 58.3 Å². The zero-order valence-electron chi connectivity index (χ0n) is 24.5. The first-order valence-corrected chi connectivity index (χ1v) is 14.6. The Bertz CT molecular complexity index is 1040. The Labute approximate surface area is 254 Å². The predicted octanol–water partition coefficient (Wildman–Crippen LogP) is 0.152. The summed E-state index contributed by atoms with van der Waals surface area (Å²) in [7, 11) is 0. The number of ether oxygens (including phenoxy) is 3. The Morgan fingerprint density at radius 1 is 0.727 bits per heavy atom. The van der Waals surface area contributed by atoms with E-state index in [1.54, 1.807) is 0 Å². The second-order valence-electron chi connectivity index (χ2n) is 10.4. The van der Waals surface area contributed by atoms with E-state index in [2.05, 4.69) is 27.8 Å². The number of carboxylic acids is 3. The van der Waals surface area contributed by atoms with Crippen LogP contribution in [-0.4, -0.2) is 109 Å². The third-order valence-electron chi connectivity index (χ3n) is 7.22. The normalized spacial score (nSPS) is 19.7. The highest BCUT2D eigenvalue weighted by Crippen LogP contribution is 2.52. The number of amides is 4. The van der Waals surface area contributed by atoms with Crippen LogP contribution in [0, 0.1) is 29.6 Å². The molecule has 0 bridgehead atoms. The van der Waals surface area contributed by atoms with Crippen LogP contribution < -0.4 is 21.3 Å². The van der Waals surface area contributed by atoms with Crippen LogP contribution >= 0.6 is 0 Å². The lowest BCUT2D eigenvalue weighted by atomic mass is 10.1. The van der Waals surface area contributed by atoms with Crippen LogP contribution in [0.3, 0.4) is 0 Å². The first-order valence-electron chi connectivity index (χ1n) is 14.6. The van der Waals surface area contributed by atoms with E-state index in [1.807, 2.05) is 5.32 Å². The van der Waals surface area contributed by atoms with Crippen LogP contribution in [0.15, 0.2) is 0 Å². The van der Waals surface area contributed by atoms with Gasteiger partial charge in [0.1, 0.15) is 12.1 Å². The summed E-state index contributed by atoms with van der Waals surface area (Å²) in [5.41, 5.74) is 0. The smallest absolute Gasteiger partial charge is 0.407 e. The van der Waals surface area contributed by atoms with Gasteiger partial charge in [-0.1, -0.05) is 0 Å². The minimum atomic E-state index is -1.53. The van der Waals surface area contributed by atoms with Gasteiger partial charge in [0, 0.05) is 38.8 Å². The quantitative estimate of drug-likeness (QED) is 0.0666. The second-order valence-corrected chi connectivity index (χ2v) is 10.4. The molecule has 0 aromatic carbocycles. The average Bonchev–Trinajstić information content (AvgIpc) is 3.61. The lowest BCUT2D eigenvalue weighted by Gasteiger charge is -2.18. The van der Waals surface area contributed by atoms with Gasteiger partial charge in [0.15, 0.2) is 0 Å². The summed E-state index contributed by atoms with van der Waals surface area (Å²) in [6, 6.07) is -4.12. The lowest BCUT2D eigenvalue weighted by molar-refractivity contribution is -0.141. The maximum absolute atomic E-state index is 12.0. The fraction of sp³-hybridized carbons (Fsp3) is 0.714. The molecule has 5 atom stereocenters. The highest BCUT2D eigenvalue weighted by molar-refractivity contribution is 5.86. The fourth-order valence-electron chi connectivity index (χ4n) is 4.82. The summed E-state index contributed by atoms with van der Waals surface area (Å²) in [6.07, 6.45) is 2.09. The van der Waals surface area contributed by atoms with Crippen molar-refractivity contribution >= 4 is 35.9 Å². The summed E-state index contributed by atoms with van der Waals surface area (Å²) in [6.45, 7) is 1.83. The van der Waals surface area contributed by atoms with Crippen LogP contribution in [-0.2, 0) is 33.4 Å². The number of nitrogens with one attached hydrogen (secondary N) is 4. The maximum atomic E-state index is 12.0. The Morgan fingerprint density at radius 3 is 1.77 bits per heavy atom. The van der Waals surface area contributed by atoms with E-state index in [0.29, 0.717) is 30.9 Å². The molecule has 44 heavy (non-hydrogen) atoms. The van der Waals surface area contributed by atoms with Crippen molar-refractivity contribution in [1.82, 2.24) is 21.3 Å². The van der Waals surface area contributed by atoms with E-state index in [1.165, 1.54) is 0 Å². The number of hydrogen-bond acceptors (Lipinski definition) is 9. The number of alkyl carbamates (subject to hydrolysis) is 1. The van der Waals surface area contributed by atoms with Gasteiger partial charge in [0.05, 0.1) is 33.0 Å². The van der Waals surface area contributed by atoms with Gasteiger partial charge < -0.3 is 50.8 Å². The largest absolute Gasteiger partial charge is 0.481 e. The topological polar surface area (TPSA) is 239 Å². The number of rotatable bonds is 21. The van der Waals surface area contributed by atoms with Gasteiger partial charge in [-0.3, -0.25) is 9.59 Å². The molecule has 0 radical (unpaired) electrons. The maximum Gasteiger partial charge on any atom is 0.407 e. The van der Waals surface area contributed by atoms with Gasteiger partial charge in [-0.15, -0.1) is 11.8 Å². The summed E-state index contributed by atoms with van der Waals surface area (Å²) in [5, 5.41) is 36.3. The molecule has 16 nitrogen and oxygen atoms in total. The fourth-order valence-corrected chi connectivity index (χ4v) is 4.82. The van der Waals surface area contributed by atoms with Crippen molar-refractivity contribution in [2.45, 2.75) is 63.5 Å². The molecule has 1 saturated carbocycles. The monoisotopic (exact) mass is 626 g/mol. The van der Waals surface area contributed by atoms with Crippen molar-refractivity contribution in [3.8, 4) is 11.8 Å². The van der Waals surface area contributed by atoms with Gasteiger partial charge in [-0.2, -0.15) is 0 Å². The molecule has 0 saturated heterocycles. The summed E-state index contributed by atoms with van der Waals surface area (Å²) < 4.78 is 16.1. The molecule has 1 fully saturated rings. The summed E-state index contributed by atoms with van der Waals surface area (Å²) in [4.78, 5) is 69.1. The molecule has 2 aliphatic carbocycles. The molecule has 16 heteroatoms. The van der Waals surface area contributed by atoms with Gasteiger partial charge in [0.25, 0.3) is 0 Å². The van der Waals surface area contributed by atoms with E-state index in [4.69, 9.17) is 24.4 Å². The molecule has 1 unspecified atom stereocenters. The highest BCUT2D eigenvalue weighted by atomic mass is 16.6. The van der Waals surface area contributed by atoms with Crippen LogP contribution in [0.2, 0.25) is 0 Å². The van der Waals surface area contributed by atoms with E-state index in [-0.39, 0.29) is 45.8 Å². The molecule has 0 heterocycles. The Balaban J connectivity index is 1.45. The second kappa shape index (κ2) is 20.0. The lowest BCUT2D eigenvalue weighted by Crippen LogP contribution is -2.51. The minimum absolute atomic E-state index is 0.150. The van der Waals surface area contributed by atoms with Gasteiger partial charge in [-0.05, 0) is 43.4 Å². The number of fused-ring (bicyclic) bond motifs is 1. The number of urea groups is 1. The van der Waals surface area contributed by atoms with Crippen molar-refractivity contribution in [1.29, 1.82) is 0 Å². The van der Waals surface area contributed by atoms with Gasteiger partial charge in [-0.25, -0.2) is 19.2 Å². The molecule has 4 amide bonds. The number of carboxylic acid groups (broad SMARTS) is 3. The number of hydrogen-bond donors (Lipinski definition) is 7. The Kier molecular flexibility index (Phi) is 16.4. The molecule has 0 aliphatic heterocycles. The molecule has 2 rings (SSSR count). The molecular weight excluding hydrogens is 584 g/mol. The third-order valence-corrected chi connectivity index (χ3v) is 7.22. The average molecular weight is 627 g/mol. The number of carbonyl (C=O) groups excluding carboxylic acids is 3. The van der Waals surface area contributed by atoms with Crippen LogP contribution in [0.4, 0.5) is 9.59 Å². The molecule has 246 valence electrons. The molecular formula is C28H42N4O12. The Morgan fingerprint density at radius 2 is 1.25 bits per heavy atom. The van der Waals surface area contributed by atoms with Crippen molar-refractivity contribution in [3.63, 3.8) is 0 Å².